The molecular formula is C9H8BrNOS. The van der Waals surface area contributed by atoms with E-state index in [9.17, 15) is 5.11 Å². The van der Waals surface area contributed by atoms with Crippen LogP contribution in [0, 0.1) is 0 Å². The minimum Gasteiger partial charge on any atom is -0.506 e. The van der Waals surface area contributed by atoms with Crippen molar-refractivity contribution in [1.29, 1.82) is 0 Å². The number of thiophene rings is 1. The maximum Gasteiger partial charge on any atom is 0.139 e. The first kappa shape index (κ1) is 8.84. The Kier molecular flexibility index (Phi) is 2.17. The van der Waals surface area contributed by atoms with E-state index in [1.165, 1.54) is 4.88 Å². The molecule has 0 amide bonds. The molecule has 4 heteroatoms. The number of benzene rings is 1. The highest BCUT2D eigenvalue weighted by Crippen LogP contribution is 2.33. The fourth-order valence-corrected chi connectivity index (χ4v) is 2.65. The Hall–Kier alpha value is -0.740. The third-order valence-corrected chi connectivity index (χ3v) is 3.92. The molecule has 0 saturated heterocycles. The highest BCUT2D eigenvalue weighted by atomic mass is 79.9. The summed E-state index contributed by atoms with van der Waals surface area (Å²) in [7, 11) is 0. The van der Waals surface area contributed by atoms with Gasteiger partial charge in [-0.05, 0) is 23.6 Å². The number of anilines is 1. The minimum absolute atomic E-state index is 0.162. The highest BCUT2D eigenvalue weighted by molar-refractivity contribution is 9.08. The van der Waals surface area contributed by atoms with Crippen LogP contribution in [0.3, 0.4) is 0 Å². The van der Waals surface area contributed by atoms with Crippen LogP contribution in [-0.2, 0) is 5.33 Å². The number of nitrogens with two attached hydrogens (primary N) is 1. The van der Waals surface area contributed by atoms with Crippen LogP contribution in [0.25, 0.3) is 10.1 Å². The molecule has 0 atom stereocenters. The Morgan fingerprint density at radius 3 is 2.85 bits per heavy atom. The van der Waals surface area contributed by atoms with E-state index in [2.05, 4.69) is 22.0 Å². The molecule has 68 valence electrons. The van der Waals surface area contributed by atoms with Crippen molar-refractivity contribution in [2.24, 2.45) is 0 Å². The molecule has 0 spiro atoms. The van der Waals surface area contributed by atoms with Crippen LogP contribution in [0.2, 0.25) is 0 Å². The van der Waals surface area contributed by atoms with E-state index in [1.54, 1.807) is 23.5 Å². The zero-order chi connectivity index (χ0) is 9.42. The van der Waals surface area contributed by atoms with Crippen LogP contribution in [0.4, 0.5) is 5.69 Å². The number of phenols is 1. The Morgan fingerprint density at radius 2 is 2.15 bits per heavy atom. The van der Waals surface area contributed by atoms with Crippen molar-refractivity contribution in [1.82, 2.24) is 0 Å². The van der Waals surface area contributed by atoms with Crippen molar-refractivity contribution in [3.8, 4) is 5.75 Å². The molecule has 1 heterocycles. The SMILES string of the molecule is Nc1cc2cc(CBr)sc2cc1O. The lowest BCUT2D eigenvalue weighted by molar-refractivity contribution is 0.479. The van der Waals surface area contributed by atoms with Crippen LogP contribution < -0.4 is 5.73 Å². The normalized spacial score (nSPS) is 10.8. The molecule has 2 aromatic rings. The van der Waals surface area contributed by atoms with Gasteiger partial charge in [0.1, 0.15) is 5.75 Å². The monoisotopic (exact) mass is 257 g/mol. The van der Waals surface area contributed by atoms with Gasteiger partial charge in [0.25, 0.3) is 0 Å². The number of halogens is 1. The van der Waals surface area contributed by atoms with E-state index in [4.69, 9.17) is 5.73 Å². The summed E-state index contributed by atoms with van der Waals surface area (Å²) in [4.78, 5) is 1.24. The van der Waals surface area contributed by atoms with Crippen molar-refractivity contribution < 1.29 is 5.11 Å². The number of hydrogen-bond acceptors (Lipinski definition) is 3. The number of hydrogen-bond donors (Lipinski definition) is 2. The largest absolute Gasteiger partial charge is 0.506 e. The first-order chi connectivity index (χ1) is 6.20. The lowest BCUT2D eigenvalue weighted by Crippen LogP contribution is -1.83. The number of aromatic hydroxyl groups is 1. The average Bonchev–Trinajstić information content (AvgIpc) is 2.48. The third kappa shape index (κ3) is 1.51. The van der Waals surface area contributed by atoms with Crippen molar-refractivity contribution in [2.75, 3.05) is 5.73 Å². The standard InChI is InChI=1S/C9H8BrNOS/c10-4-6-1-5-2-7(11)8(12)3-9(5)13-6/h1-3,12H,4,11H2. The van der Waals surface area contributed by atoms with Gasteiger partial charge in [0.05, 0.1) is 5.69 Å². The summed E-state index contributed by atoms with van der Waals surface area (Å²) in [5, 5.41) is 11.3. The predicted octanol–water partition coefficient (Wildman–Crippen LogP) is 3.08. The number of rotatable bonds is 1. The van der Waals surface area contributed by atoms with Gasteiger partial charge in [-0.1, -0.05) is 15.9 Å². The Bertz CT molecular complexity index is 413. The predicted molar refractivity (Wildman–Crippen MR) is 60.5 cm³/mol. The zero-order valence-electron chi connectivity index (χ0n) is 6.75. The summed E-state index contributed by atoms with van der Waals surface area (Å²) in [6, 6.07) is 5.58. The van der Waals surface area contributed by atoms with E-state index in [0.717, 1.165) is 15.4 Å². The van der Waals surface area contributed by atoms with Gasteiger partial charge in [0, 0.05) is 14.9 Å². The van der Waals surface area contributed by atoms with Crippen molar-refractivity contribution in [2.45, 2.75) is 5.33 Å². The molecule has 0 radical (unpaired) electrons. The molecule has 2 nitrogen and oxygen atoms in total. The van der Waals surface area contributed by atoms with Gasteiger partial charge in [-0.15, -0.1) is 11.3 Å². The van der Waals surface area contributed by atoms with Crippen molar-refractivity contribution in [3.63, 3.8) is 0 Å². The lowest BCUT2D eigenvalue weighted by Gasteiger charge is -1.96. The summed E-state index contributed by atoms with van der Waals surface area (Å²) in [6.07, 6.45) is 0. The highest BCUT2D eigenvalue weighted by Gasteiger charge is 2.04. The maximum atomic E-state index is 9.37. The Balaban J connectivity index is 2.70. The molecule has 0 aliphatic rings. The number of nitrogen functional groups attached to an aromatic ring is 1. The van der Waals surface area contributed by atoms with Crippen LogP contribution in [-0.4, -0.2) is 5.11 Å². The Labute approximate surface area is 88.1 Å². The topological polar surface area (TPSA) is 46.2 Å². The van der Waals surface area contributed by atoms with E-state index in [1.807, 2.05) is 0 Å². The van der Waals surface area contributed by atoms with Crippen LogP contribution in [0.5, 0.6) is 5.75 Å². The van der Waals surface area contributed by atoms with Gasteiger partial charge in [-0.3, -0.25) is 0 Å². The molecule has 0 aliphatic carbocycles. The summed E-state index contributed by atoms with van der Waals surface area (Å²) in [6.45, 7) is 0. The quantitative estimate of drug-likeness (QED) is 0.469. The second kappa shape index (κ2) is 3.20. The Morgan fingerprint density at radius 1 is 1.38 bits per heavy atom. The molecule has 3 N–H and O–H groups in total. The zero-order valence-corrected chi connectivity index (χ0v) is 9.15. The van der Waals surface area contributed by atoms with Gasteiger partial charge in [-0.25, -0.2) is 0 Å². The molecule has 0 saturated carbocycles. The average molecular weight is 258 g/mol. The molecule has 13 heavy (non-hydrogen) atoms. The summed E-state index contributed by atoms with van der Waals surface area (Å²) < 4.78 is 1.07. The molecule has 1 aromatic carbocycles. The van der Waals surface area contributed by atoms with Crippen LogP contribution >= 0.6 is 27.3 Å². The number of phenolic OH excluding ortho intramolecular Hbond substituents is 1. The van der Waals surface area contributed by atoms with E-state index < -0.39 is 0 Å². The van der Waals surface area contributed by atoms with Gasteiger partial charge < -0.3 is 10.8 Å². The van der Waals surface area contributed by atoms with Crippen LogP contribution in [0.1, 0.15) is 4.88 Å². The van der Waals surface area contributed by atoms with Gasteiger partial charge >= 0.3 is 0 Å². The summed E-state index contributed by atoms with van der Waals surface area (Å²) in [5.41, 5.74) is 6.02. The molecule has 0 unspecified atom stereocenters. The molecule has 2 rings (SSSR count). The third-order valence-electron chi connectivity index (χ3n) is 1.85. The maximum absolute atomic E-state index is 9.37. The van der Waals surface area contributed by atoms with E-state index in [-0.39, 0.29) is 5.75 Å². The van der Waals surface area contributed by atoms with Gasteiger partial charge in [0.15, 0.2) is 0 Å². The van der Waals surface area contributed by atoms with Crippen molar-refractivity contribution in [3.05, 3.63) is 23.1 Å². The van der Waals surface area contributed by atoms with Crippen LogP contribution in [0.15, 0.2) is 18.2 Å². The second-order valence-electron chi connectivity index (χ2n) is 2.80. The first-order valence-electron chi connectivity index (χ1n) is 3.77. The molecular weight excluding hydrogens is 250 g/mol. The summed E-state index contributed by atoms with van der Waals surface area (Å²) >= 11 is 5.05. The fraction of sp³-hybridized carbons (Fsp3) is 0.111. The number of alkyl halides is 1. The fourth-order valence-electron chi connectivity index (χ4n) is 1.21. The second-order valence-corrected chi connectivity index (χ2v) is 4.52. The van der Waals surface area contributed by atoms with Gasteiger partial charge in [0.2, 0.25) is 0 Å². The molecule has 0 aliphatic heterocycles. The molecule has 0 bridgehead atoms. The van der Waals surface area contributed by atoms with Crippen molar-refractivity contribution >= 4 is 43.0 Å². The van der Waals surface area contributed by atoms with E-state index >= 15 is 0 Å². The first-order valence-corrected chi connectivity index (χ1v) is 5.71. The van der Waals surface area contributed by atoms with E-state index in [0.29, 0.717) is 5.69 Å². The van der Waals surface area contributed by atoms with Gasteiger partial charge in [-0.2, -0.15) is 0 Å². The number of fused-ring (bicyclic) bond motifs is 1. The lowest BCUT2D eigenvalue weighted by atomic mass is 10.2. The molecule has 1 aromatic heterocycles. The molecule has 0 fully saturated rings. The smallest absolute Gasteiger partial charge is 0.139 e. The summed E-state index contributed by atoms with van der Waals surface area (Å²) in [5.74, 6) is 0.162. The minimum atomic E-state index is 0.162.